The van der Waals surface area contributed by atoms with Crippen molar-refractivity contribution >= 4 is 0 Å². The molecule has 0 radical (unpaired) electrons. The fraction of sp³-hybridized carbons (Fsp3) is 0.417. The summed E-state index contributed by atoms with van der Waals surface area (Å²) in [6.07, 6.45) is 10.1. The van der Waals surface area contributed by atoms with Crippen LogP contribution in [0, 0.1) is 11.8 Å². The van der Waals surface area contributed by atoms with Crippen molar-refractivity contribution in [2.24, 2.45) is 0 Å². The van der Waals surface area contributed by atoms with Crippen LogP contribution in [0.15, 0.2) is 48.5 Å². The predicted molar refractivity (Wildman–Crippen MR) is 105 cm³/mol. The van der Waals surface area contributed by atoms with E-state index in [1.54, 1.807) is 0 Å². The van der Waals surface area contributed by atoms with Gasteiger partial charge in [0.1, 0.15) is 0 Å². The largest absolute Gasteiger partial charge is 0.0654 e. The minimum Gasteiger partial charge on any atom is -0.0654 e. The first-order chi connectivity index (χ1) is 11.8. The molecule has 0 aliphatic rings. The molecule has 0 heterocycles. The second-order valence-electron chi connectivity index (χ2n) is 6.56. The molecule has 0 bridgehead atoms. The minimum atomic E-state index is 1.10. The lowest BCUT2D eigenvalue weighted by molar-refractivity contribution is 0.717. The van der Waals surface area contributed by atoms with Crippen molar-refractivity contribution in [3.05, 3.63) is 70.8 Å². The Morgan fingerprint density at radius 2 is 0.917 bits per heavy atom. The number of aryl methyl sites for hydroxylation is 2. The predicted octanol–water partition coefficient (Wildman–Crippen LogP) is 6.55. The molecule has 0 aliphatic heterocycles. The number of benzene rings is 2. The molecular formula is C24H30. The maximum Gasteiger partial charge on any atom is 0.0249 e. The van der Waals surface area contributed by atoms with Crippen molar-refractivity contribution in [3.63, 3.8) is 0 Å². The van der Waals surface area contributed by atoms with Gasteiger partial charge < -0.3 is 0 Å². The van der Waals surface area contributed by atoms with Crippen LogP contribution in [-0.4, -0.2) is 0 Å². The van der Waals surface area contributed by atoms with Gasteiger partial charge >= 0.3 is 0 Å². The maximum atomic E-state index is 3.28. The average molecular weight is 319 g/mol. The third kappa shape index (κ3) is 6.63. The summed E-state index contributed by atoms with van der Waals surface area (Å²) in [7, 11) is 0. The molecule has 0 fully saturated rings. The van der Waals surface area contributed by atoms with E-state index < -0.39 is 0 Å². The molecule has 24 heavy (non-hydrogen) atoms. The molecule has 0 nitrogen and oxygen atoms in total. The van der Waals surface area contributed by atoms with Crippen LogP contribution in [0.3, 0.4) is 0 Å². The van der Waals surface area contributed by atoms with Gasteiger partial charge in [-0.2, -0.15) is 0 Å². The normalized spacial score (nSPS) is 10.2. The van der Waals surface area contributed by atoms with E-state index in [9.17, 15) is 0 Å². The summed E-state index contributed by atoms with van der Waals surface area (Å²) in [6.45, 7) is 4.49. The Bertz CT molecular complexity index is 578. The van der Waals surface area contributed by atoms with E-state index in [0.717, 1.165) is 11.1 Å². The Balaban J connectivity index is 1.89. The highest BCUT2D eigenvalue weighted by Crippen LogP contribution is 2.10. The Kier molecular flexibility index (Phi) is 8.19. The Hall–Kier alpha value is -2.00. The quantitative estimate of drug-likeness (QED) is 0.382. The van der Waals surface area contributed by atoms with Gasteiger partial charge in [-0.3, -0.25) is 0 Å². The van der Waals surface area contributed by atoms with Crippen molar-refractivity contribution in [3.8, 4) is 11.8 Å². The number of hydrogen-bond donors (Lipinski definition) is 0. The Labute approximate surface area is 148 Å². The molecule has 0 unspecified atom stereocenters. The summed E-state index contributed by atoms with van der Waals surface area (Å²) in [5, 5.41) is 0. The van der Waals surface area contributed by atoms with Gasteiger partial charge in [0.15, 0.2) is 0 Å². The molecule has 2 aromatic carbocycles. The van der Waals surface area contributed by atoms with E-state index in [1.807, 2.05) is 0 Å². The lowest BCUT2D eigenvalue weighted by Gasteiger charge is -2.01. The molecule has 0 saturated carbocycles. The zero-order valence-corrected chi connectivity index (χ0v) is 15.3. The molecule has 2 rings (SSSR count). The first-order valence-electron chi connectivity index (χ1n) is 9.51. The highest BCUT2D eigenvalue weighted by Gasteiger charge is 1.95. The third-order valence-corrected chi connectivity index (χ3v) is 4.40. The van der Waals surface area contributed by atoms with Crippen molar-refractivity contribution in [1.82, 2.24) is 0 Å². The molecule has 0 amide bonds. The Morgan fingerprint density at radius 1 is 0.542 bits per heavy atom. The van der Waals surface area contributed by atoms with Crippen molar-refractivity contribution in [1.29, 1.82) is 0 Å². The van der Waals surface area contributed by atoms with E-state index in [-0.39, 0.29) is 0 Å². The minimum absolute atomic E-state index is 1.10. The molecule has 0 heteroatoms. The SMILES string of the molecule is CCCCCc1ccc(C#Cc2ccc(CCCCC)cc2)cc1. The summed E-state index contributed by atoms with van der Waals surface area (Å²) < 4.78 is 0. The van der Waals surface area contributed by atoms with Crippen LogP contribution in [0.4, 0.5) is 0 Å². The van der Waals surface area contributed by atoms with Crippen LogP contribution in [-0.2, 0) is 12.8 Å². The summed E-state index contributed by atoms with van der Waals surface area (Å²) in [5.41, 5.74) is 5.04. The summed E-state index contributed by atoms with van der Waals surface area (Å²) >= 11 is 0. The maximum absolute atomic E-state index is 3.28. The number of hydrogen-bond acceptors (Lipinski definition) is 0. The van der Waals surface area contributed by atoms with E-state index in [1.165, 1.54) is 62.5 Å². The molecule has 0 aromatic heterocycles. The summed E-state index contributed by atoms with van der Waals surface area (Å²) in [4.78, 5) is 0. The smallest absolute Gasteiger partial charge is 0.0249 e. The van der Waals surface area contributed by atoms with E-state index >= 15 is 0 Å². The van der Waals surface area contributed by atoms with Gasteiger partial charge in [-0.25, -0.2) is 0 Å². The summed E-state index contributed by atoms with van der Waals surface area (Å²) in [5.74, 6) is 6.55. The first kappa shape index (κ1) is 18.3. The number of rotatable bonds is 8. The van der Waals surface area contributed by atoms with Gasteiger partial charge in [0.2, 0.25) is 0 Å². The molecule has 0 atom stereocenters. The van der Waals surface area contributed by atoms with Crippen LogP contribution in [0.2, 0.25) is 0 Å². The lowest BCUT2D eigenvalue weighted by Crippen LogP contribution is -1.86. The van der Waals surface area contributed by atoms with E-state index in [4.69, 9.17) is 0 Å². The zero-order valence-electron chi connectivity index (χ0n) is 15.3. The van der Waals surface area contributed by atoms with Gasteiger partial charge in [-0.15, -0.1) is 0 Å². The van der Waals surface area contributed by atoms with Gasteiger partial charge in [0.05, 0.1) is 0 Å². The fourth-order valence-corrected chi connectivity index (χ4v) is 2.81. The second kappa shape index (κ2) is 10.7. The van der Waals surface area contributed by atoms with Crippen molar-refractivity contribution < 1.29 is 0 Å². The monoisotopic (exact) mass is 318 g/mol. The molecule has 126 valence electrons. The fourth-order valence-electron chi connectivity index (χ4n) is 2.81. The number of unbranched alkanes of at least 4 members (excludes halogenated alkanes) is 4. The van der Waals surface area contributed by atoms with Gasteiger partial charge in [0.25, 0.3) is 0 Å². The molecule has 0 spiro atoms. The first-order valence-corrected chi connectivity index (χ1v) is 9.51. The highest BCUT2D eigenvalue weighted by atomic mass is 14.0. The van der Waals surface area contributed by atoms with Gasteiger partial charge in [0, 0.05) is 11.1 Å². The van der Waals surface area contributed by atoms with Crippen molar-refractivity contribution in [2.75, 3.05) is 0 Å². The van der Waals surface area contributed by atoms with E-state index in [2.05, 4.69) is 74.2 Å². The third-order valence-electron chi connectivity index (χ3n) is 4.40. The highest BCUT2D eigenvalue weighted by molar-refractivity contribution is 5.44. The van der Waals surface area contributed by atoms with Crippen LogP contribution < -0.4 is 0 Å². The molecule has 0 saturated heterocycles. The van der Waals surface area contributed by atoms with Crippen LogP contribution in [0.25, 0.3) is 0 Å². The molecule has 0 N–H and O–H groups in total. The van der Waals surface area contributed by atoms with Crippen molar-refractivity contribution in [2.45, 2.75) is 65.2 Å². The molecular weight excluding hydrogens is 288 g/mol. The zero-order chi connectivity index (χ0) is 17.0. The summed E-state index contributed by atoms with van der Waals surface area (Å²) in [6, 6.07) is 17.5. The van der Waals surface area contributed by atoms with Crippen LogP contribution in [0.5, 0.6) is 0 Å². The van der Waals surface area contributed by atoms with Gasteiger partial charge in [-0.05, 0) is 61.1 Å². The van der Waals surface area contributed by atoms with E-state index in [0.29, 0.717) is 0 Å². The second-order valence-corrected chi connectivity index (χ2v) is 6.56. The van der Waals surface area contributed by atoms with Crippen LogP contribution >= 0.6 is 0 Å². The average Bonchev–Trinajstić information content (AvgIpc) is 2.63. The van der Waals surface area contributed by atoms with Gasteiger partial charge in [-0.1, -0.05) is 75.6 Å². The topological polar surface area (TPSA) is 0 Å². The van der Waals surface area contributed by atoms with Crippen LogP contribution in [0.1, 0.15) is 74.6 Å². The molecule has 2 aromatic rings. The lowest BCUT2D eigenvalue weighted by atomic mass is 10.0. The standard InChI is InChI=1S/C24H30/c1-3-5-7-9-21-11-15-23(16-12-21)19-20-24-17-13-22(14-18-24)10-8-6-4-2/h11-18H,3-10H2,1-2H3. The molecule has 0 aliphatic carbocycles. The Morgan fingerprint density at radius 3 is 1.25 bits per heavy atom.